The molecule has 0 saturated heterocycles. The zero-order valence-electron chi connectivity index (χ0n) is 11.7. The Morgan fingerprint density at radius 3 is 2.68 bits per heavy atom. The molecule has 1 aromatic rings. The lowest BCUT2D eigenvalue weighted by Gasteiger charge is -2.30. The number of hydrogen-bond acceptors (Lipinski definition) is 2. The van der Waals surface area contributed by atoms with Crippen molar-refractivity contribution in [3.8, 4) is 0 Å². The van der Waals surface area contributed by atoms with Crippen LogP contribution in [0.5, 0.6) is 0 Å². The summed E-state index contributed by atoms with van der Waals surface area (Å²) in [6.07, 6.45) is 4.40. The van der Waals surface area contributed by atoms with Crippen molar-refractivity contribution in [3.05, 3.63) is 29.8 Å². The van der Waals surface area contributed by atoms with Crippen LogP contribution in [0.15, 0.2) is 24.3 Å². The monoisotopic (exact) mass is 258 g/mol. The summed E-state index contributed by atoms with van der Waals surface area (Å²) in [5, 5.41) is 6.62. The van der Waals surface area contributed by atoms with Crippen molar-refractivity contribution >= 4 is 11.6 Å². The molecule has 3 rings (SSSR count). The molecule has 102 valence electrons. The van der Waals surface area contributed by atoms with Gasteiger partial charge in [-0.2, -0.15) is 0 Å². The number of carbonyl (C=O) groups excluding carboxylic acids is 1. The highest BCUT2D eigenvalue weighted by Gasteiger charge is 2.40. The lowest BCUT2D eigenvalue weighted by atomic mass is 9.95. The average molecular weight is 258 g/mol. The third-order valence-electron chi connectivity index (χ3n) is 4.44. The highest BCUT2D eigenvalue weighted by atomic mass is 16.2. The van der Waals surface area contributed by atoms with Gasteiger partial charge in [-0.3, -0.25) is 4.79 Å². The van der Waals surface area contributed by atoms with Crippen molar-refractivity contribution in [2.24, 2.45) is 5.92 Å². The smallest absolute Gasteiger partial charge is 0.241 e. The first-order valence-corrected chi connectivity index (χ1v) is 7.23. The van der Waals surface area contributed by atoms with E-state index in [4.69, 9.17) is 0 Å². The molecule has 19 heavy (non-hydrogen) atoms. The summed E-state index contributed by atoms with van der Waals surface area (Å²) in [6, 6.07) is 8.02. The van der Waals surface area contributed by atoms with E-state index in [9.17, 15) is 4.79 Å². The summed E-state index contributed by atoms with van der Waals surface area (Å²) in [4.78, 5) is 12.3. The van der Waals surface area contributed by atoms with Crippen LogP contribution in [-0.4, -0.2) is 17.5 Å². The highest BCUT2D eigenvalue weighted by Crippen LogP contribution is 2.39. The Kier molecular flexibility index (Phi) is 3.09. The van der Waals surface area contributed by atoms with Crippen molar-refractivity contribution in [3.63, 3.8) is 0 Å². The molecule has 0 bridgehead atoms. The maximum atomic E-state index is 12.3. The van der Waals surface area contributed by atoms with Crippen LogP contribution in [0.3, 0.4) is 0 Å². The lowest BCUT2D eigenvalue weighted by Crippen LogP contribution is -2.52. The fourth-order valence-corrected chi connectivity index (χ4v) is 3.02. The fraction of sp³-hybridized carbons (Fsp3) is 0.562. The number of rotatable bonds is 3. The van der Waals surface area contributed by atoms with Crippen LogP contribution in [0, 0.1) is 5.92 Å². The molecule has 0 spiro atoms. The Bertz CT molecular complexity index is 491. The minimum absolute atomic E-state index is 0.0680. The van der Waals surface area contributed by atoms with E-state index >= 15 is 0 Å². The minimum Gasteiger partial charge on any atom is -0.324 e. The summed E-state index contributed by atoms with van der Waals surface area (Å²) in [5.74, 6) is 0.838. The van der Waals surface area contributed by atoms with E-state index in [1.165, 1.54) is 18.4 Å². The Hall–Kier alpha value is -1.35. The molecule has 1 saturated carbocycles. The molecular formula is C16H22N2O. The molecule has 2 aliphatic rings. The van der Waals surface area contributed by atoms with Gasteiger partial charge < -0.3 is 10.6 Å². The first-order valence-electron chi connectivity index (χ1n) is 7.23. The van der Waals surface area contributed by atoms with Gasteiger partial charge in [0.25, 0.3) is 0 Å². The second-order valence-corrected chi connectivity index (χ2v) is 6.38. The van der Waals surface area contributed by atoms with E-state index in [1.54, 1.807) is 0 Å². The number of para-hydroxylation sites is 1. The quantitative estimate of drug-likeness (QED) is 0.875. The van der Waals surface area contributed by atoms with Gasteiger partial charge in [-0.1, -0.05) is 18.2 Å². The standard InChI is InChI=1S/C16H22N2O/c1-16(2,12-8-9-12)18-14-10-7-11-5-3-4-6-13(11)17-15(14)19/h3-6,12,14,18H,7-10H2,1-2H3,(H,17,19). The Balaban J connectivity index is 1.73. The highest BCUT2D eigenvalue weighted by molar-refractivity contribution is 5.96. The number of anilines is 1. The van der Waals surface area contributed by atoms with E-state index in [-0.39, 0.29) is 17.5 Å². The number of fused-ring (bicyclic) bond motifs is 1. The summed E-state index contributed by atoms with van der Waals surface area (Å²) >= 11 is 0. The molecule has 1 aliphatic heterocycles. The number of amides is 1. The molecule has 0 radical (unpaired) electrons. The van der Waals surface area contributed by atoms with Gasteiger partial charge in [0.15, 0.2) is 0 Å². The van der Waals surface area contributed by atoms with Crippen molar-refractivity contribution in [2.75, 3.05) is 5.32 Å². The molecule has 1 fully saturated rings. The lowest BCUT2D eigenvalue weighted by molar-refractivity contribution is -0.118. The maximum absolute atomic E-state index is 12.3. The SMILES string of the molecule is CC(C)(NC1CCc2ccccc2NC1=O)C1CC1. The second kappa shape index (κ2) is 4.64. The van der Waals surface area contributed by atoms with Crippen LogP contribution in [0.4, 0.5) is 5.69 Å². The van der Waals surface area contributed by atoms with E-state index in [2.05, 4.69) is 30.5 Å². The van der Waals surface area contributed by atoms with E-state index in [0.29, 0.717) is 0 Å². The zero-order chi connectivity index (χ0) is 13.5. The van der Waals surface area contributed by atoms with Crippen molar-refractivity contribution in [2.45, 2.75) is 51.1 Å². The summed E-state index contributed by atoms with van der Waals surface area (Å²) in [5.41, 5.74) is 2.28. The van der Waals surface area contributed by atoms with Gasteiger partial charge >= 0.3 is 0 Å². The van der Waals surface area contributed by atoms with Crippen LogP contribution >= 0.6 is 0 Å². The van der Waals surface area contributed by atoms with Crippen LogP contribution in [0.1, 0.15) is 38.7 Å². The number of nitrogens with one attached hydrogen (secondary N) is 2. The fourth-order valence-electron chi connectivity index (χ4n) is 3.02. The predicted molar refractivity (Wildman–Crippen MR) is 77.1 cm³/mol. The van der Waals surface area contributed by atoms with E-state index < -0.39 is 0 Å². The Labute approximate surface area is 114 Å². The Morgan fingerprint density at radius 2 is 1.95 bits per heavy atom. The van der Waals surface area contributed by atoms with Crippen LogP contribution in [0.2, 0.25) is 0 Å². The van der Waals surface area contributed by atoms with Gasteiger partial charge in [0.2, 0.25) is 5.91 Å². The van der Waals surface area contributed by atoms with Gasteiger partial charge in [-0.25, -0.2) is 0 Å². The first kappa shape index (κ1) is 12.7. The van der Waals surface area contributed by atoms with Gasteiger partial charge in [-0.05, 0) is 57.1 Å². The number of aryl methyl sites for hydroxylation is 1. The van der Waals surface area contributed by atoms with Crippen molar-refractivity contribution in [1.82, 2.24) is 5.32 Å². The summed E-state index contributed by atoms with van der Waals surface area (Å²) < 4.78 is 0. The molecule has 1 aromatic carbocycles. The summed E-state index contributed by atoms with van der Waals surface area (Å²) in [7, 11) is 0. The largest absolute Gasteiger partial charge is 0.324 e. The molecule has 0 aromatic heterocycles. The van der Waals surface area contributed by atoms with Gasteiger partial charge in [0, 0.05) is 11.2 Å². The molecule has 2 N–H and O–H groups in total. The normalized spacial score (nSPS) is 23.5. The molecule has 3 heteroatoms. The van der Waals surface area contributed by atoms with Crippen molar-refractivity contribution in [1.29, 1.82) is 0 Å². The molecule has 1 aliphatic carbocycles. The van der Waals surface area contributed by atoms with Gasteiger partial charge in [0.1, 0.15) is 0 Å². The van der Waals surface area contributed by atoms with Crippen molar-refractivity contribution < 1.29 is 4.79 Å². The second-order valence-electron chi connectivity index (χ2n) is 6.38. The summed E-state index contributed by atoms with van der Waals surface area (Å²) in [6.45, 7) is 4.44. The predicted octanol–water partition coefficient (Wildman–Crippen LogP) is 2.72. The van der Waals surface area contributed by atoms with Crippen LogP contribution in [-0.2, 0) is 11.2 Å². The third-order valence-corrected chi connectivity index (χ3v) is 4.44. The van der Waals surface area contributed by atoms with Crippen LogP contribution < -0.4 is 10.6 Å². The molecule has 1 atom stereocenters. The van der Waals surface area contributed by atoms with Gasteiger partial charge in [0.05, 0.1) is 6.04 Å². The minimum atomic E-state index is -0.0806. The van der Waals surface area contributed by atoms with Crippen LogP contribution in [0.25, 0.3) is 0 Å². The molecular weight excluding hydrogens is 236 g/mol. The van der Waals surface area contributed by atoms with E-state index in [0.717, 1.165) is 24.4 Å². The maximum Gasteiger partial charge on any atom is 0.241 e. The third kappa shape index (κ3) is 2.66. The molecule has 1 heterocycles. The number of benzene rings is 1. The Morgan fingerprint density at radius 1 is 1.21 bits per heavy atom. The average Bonchev–Trinajstić information content (AvgIpc) is 3.19. The molecule has 3 nitrogen and oxygen atoms in total. The first-order chi connectivity index (χ1) is 9.06. The topological polar surface area (TPSA) is 41.1 Å². The number of carbonyl (C=O) groups is 1. The van der Waals surface area contributed by atoms with E-state index in [1.807, 2.05) is 18.2 Å². The number of hydrogen-bond donors (Lipinski definition) is 2. The van der Waals surface area contributed by atoms with Gasteiger partial charge in [-0.15, -0.1) is 0 Å². The molecule has 1 unspecified atom stereocenters. The molecule has 1 amide bonds. The zero-order valence-corrected chi connectivity index (χ0v) is 11.7.